The Kier molecular flexibility index (Phi) is 5.76. The van der Waals surface area contributed by atoms with Crippen LogP contribution in [-0.4, -0.2) is 19.2 Å². The number of hydrogen-bond acceptors (Lipinski definition) is 3. The summed E-state index contributed by atoms with van der Waals surface area (Å²) in [6, 6.07) is 27.3. The molecule has 4 aromatic rings. The average Bonchev–Trinajstić information content (AvgIpc) is 2.76. The highest BCUT2D eigenvalue weighted by Gasteiger charge is 2.14. The smallest absolute Gasteiger partial charge is 0.305 e. The molecule has 0 aliphatic heterocycles. The summed E-state index contributed by atoms with van der Waals surface area (Å²) in [4.78, 5) is 11.6. The van der Waals surface area contributed by atoms with Gasteiger partial charge in [0.1, 0.15) is 5.75 Å². The van der Waals surface area contributed by atoms with Gasteiger partial charge < -0.3 is 9.47 Å². The van der Waals surface area contributed by atoms with Crippen molar-refractivity contribution in [1.29, 1.82) is 0 Å². The van der Waals surface area contributed by atoms with Crippen LogP contribution in [0.4, 0.5) is 0 Å². The highest BCUT2D eigenvalue weighted by Crippen LogP contribution is 2.40. The SMILES string of the molecule is CCOC(=O)CCCOc1ccc2ccccc2c1-c1cccc2ccccc12. The summed E-state index contributed by atoms with van der Waals surface area (Å²) in [5.74, 6) is 0.660. The number of carbonyl (C=O) groups is 1. The molecular formula is C26H24O3. The highest BCUT2D eigenvalue weighted by atomic mass is 16.5. The van der Waals surface area contributed by atoms with Gasteiger partial charge in [0.15, 0.2) is 0 Å². The van der Waals surface area contributed by atoms with Gasteiger partial charge in [0.25, 0.3) is 0 Å². The Morgan fingerprint density at radius 1 is 0.793 bits per heavy atom. The summed E-state index contributed by atoms with van der Waals surface area (Å²) in [6.07, 6.45) is 0.992. The molecule has 4 aromatic carbocycles. The van der Waals surface area contributed by atoms with Crippen molar-refractivity contribution in [1.82, 2.24) is 0 Å². The molecule has 0 aliphatic carbocycles. The molecule has 0 spiro atoms. The second-order valence-electron chi connectivity index (χ2n) is 6.94. The molecule has 0 aromatic heterocycles. The number of fused-ring (bicyclic) bond motifs is 2. The van der Waals surface area contributed by atoms with Crippen LogP contribution in [0.15, 0.2) is 78.9 Å². The molecule has 0 saturated carbocycles. The second kappa shape index (κ2) is 8.78. The molecule has 0 N–H and O–H groups in total. The summed E-state index contributed by atoms with van der Waals surface area (Å²) in [5, 5.41) is 4.73. The first-order valence-corrected chi connectivity index (χ1v) is 10.1. The monoisotopic (exact) mass is 384 g/mol. The third-order valence-corrected chi connectivity index (χ3v) is 5.04. The molecule has 29 heavy (non-hydrogen) atoms. The van der Waals surface area contributed by atoms with Crippen LogP contribution in [0.5, 0.6) is 5.75 Å². The average molecular weight is 384 g/mol. The maximum absolute atomic E-state index is 11.6. The number of hydrogen-bond donors (Lipinski definition) is 0. The zero-order valence-corrected chi connectivity index (χ0v) is 16.6. The molecule has 146 valence electrons. The molecule has 3 nitrogen and oxygen atoms in total. The van der Waals surface area contributed by atoms with Gasteiger partial charge in [-0.1, -0.05) is 72.8 Å². The summed E-state index contributed by atoms with van der Waals surface area (Å²) >= 11 is 0. The fourth-order valence-electron chi connectivity index (χ4n) is 3.72. The highest BCUT2D eigenvalue weighted by molar-refractivity contribution is 6.07. The number of esters is 1. The summed E-state index contributed by atoms with van der Waals surface area (Å²) < 4.78 is 11.2. The van der Waals surface area contributed by atoms with Crippen molar-refractivity contribution in [3.8, 4) is 16.9 Å². The molecule has 0 saturated heterocycles. The zero-order valence-electron chi connectivity index (χ0n) is 16.6. The van der Waals surface area contributed by atoms with Crippen LogP contribution in [-0.2, 0) is 9.53 Å². The molecule has 0 bridgehead atoms. The van der Waals surface area contributed by atoms with E-state index in [1.165, 1.54) is 16.2 Å². The van der Waals surface area contributed by atoms with E-state index in [4.69, 9.17) is 9.47 Å². The summed E-state index contributed by atoms with van der Waals surface area (Å²) in [7, 11) is 0. The van der Waals surface area contributed by atoms with Gasteiger partial charge in [0.05, 0.1) is 13.2 Å². The molecule has 0 unspecified atom stereocenters. The van der Waals surface area contributed by atoms with E-state index in [1.807, 2.05) is 13.0 Å². The Morgan fingerprint density at radius 2 is 1.48 bits per heavy atom. The number of carbonyl (C=O) groups excluding carboxylic acids is 1. The van der Waals surface area contributed by atoms with E-state index in [-0.39, 0.29) is 5.97 Å². The van der Waals surface area contributed by atoms with Crippen molar-refractivity contribution >= 4 is 27.5 Å². The lowest BCUT2D eigenvalue weighted by Crippen LogP contribution is -2.07. The zero-order chi connectivity index (χ0) is 20.1. The van der Waals surface area contributed by atoms with Gasteiger partial charge in [0, 0.05) is 12.0 Å². The number of ether oxygens (including phenoxy) is 2. The number of benzene rings is 4. The van der Waals surface area contributed by atoms with Crippen molar-refractivity contribution in [3.63, 3.8) is 0 Å². The molecular weight excluding hydrogens is 360 g/mol. The van der Waals surface area contributed by atoms with E-state index >= 15 is 0 Å². The first kappa shape index (κ1) is 19.0. The maximum Gasteiger partial charge on any atom is 0.305 e. The lowest BCUT2D eigenvalue weighted by molar-refractivity contribution is -0.143. The fourth-order valence-corrected chi connectivity index (χ4v) is 3.72. The van der Waals surface area contributed by atoms with Crippen LogP contribution >= 0.6 is 0 Å². The lowest BCUT2D eigenvalue weighted by atomic mass is 9.93. The third kappa shape index (κ3) is 4.09. The molecule has 0 amide bonds. The van der Waals surface area contributed by atoms with E-state index in [9.17, 15) is 4.79 Å². The Morgan fingerprint density at radius 3 is 2.28 bits per heavy atom. The Bertz CT molecular complexity index is 1140. The molecule has 3 heteroatoms. The van der Waals surface area contributed by atoms with Gasteiger partial charge in [-0.15, -0.1) is 0 Å². The molecule has 0 aliphatic rings. The fraction of sp³-hybridized carbons (Fsp3) is 0.192. The summed E-state index contributed by atoms with van der Waals surface area (Å²) in [5.41, 5.74) is 2.25. The van der Waals surface area contributed by atoms with E-state index in [2.05, 4.69) is 72.8 Å². The normalized spacial score (nSPS) is 10.9. The third-order valence-electron chi connectivity index (χ3n) is 5.04. The van der Waals surface area contributed by atoms with Crippen molar-refractivity contribution in [3.05, 3.63) is 78.9 Å². The minimum Gasteiger partial charge on any atom is -0.493 e. The van der Waals surface area contributed by atoms with Gasteiger partial charge in [-0.05, 0) is 46.5 Å². The van der Waals surface area contributed by atoms with Crippen LogP contribution < -0.4 is 4.74 Å². The van der Waals surface area contributed by atoms with E-state index in [0.717, 1.165) is 22.3 Å². The maximum atomic E-state index is 11.6. The van der Waals surface area contributed by atoms with Gasteiger partial charge in [-0.25, -0.2) is 0 Å². The van der Waals surface area contributed by atoms with Crippen LogP contribution in [0.1, 0.15) is 19.8 Å². The van der Waals surface area contributed by atoms with Crippen molar-refractivity contribution in [2.45, 2.75) is 19.8 Å². The van der Waals surface area contributed by atoms with Gasteiger partial charge in [0.2, 0.25) is 0 Å². The Labute approximate surface area is 170 Å². The largest absolute Gasteiger partial charge is 0.493 e. The van der Waals surface area contributed by atoms with Crippen LogP contribution in [0.3, 0.4) is 0 Å². The number of rotatable bonds is 7. The van der Waals surface area contributed by atoms with Crippen molar-refractivity contribution in [2.24, 2.45) is 0 Å². The first-order valence-electron chi connectivity index (χ1n) is 10.1. The molecule has 4 rings (SSSR count). The predicted octanol–water partition coefficient (Wildman–Crippen LogP) is 6.38. The Balaban J connectivity index is 1.73. The molecule has 0 fully saturated rings. The van der Waals surface area contributed by atoms with Gasteiger partial charge in [-0.2, -0.15) is 0 Å². The minimum absolute atomic E-state index is 0.177. The standard InChI is InChI=1S/C26H24O3/c1-2-28-25(27)15-8-18-29-24-17-16-20-10-4-6-13-22(20)26(24)23-14-7-11-19-9-3-5-12-21(19)23/h3-7,9-14,16-17H,2,8,15,18H2,1H3. The second-order valence-corrected chi connectivity index (χ2v) is 6.94. The quantitative estimate of drug-likeness (QED) is 0.274. The van der Waals surface area contributed by atoms with Crippen LogP contribution in [0.2, 0.25) is 0 Å². The van der Waals surface area contributed by atoms with Crippen LogP contribution in [0.25, 0.3) is 32.7 Å². The van der Waals surface area contributed by atoms with Crippen LogP contribution in [0, 0.1) is 0 Å². The molecule has 0 radical (unpaired) electrons. The lowest BCUT2D eigenvalue weighted by Gasteiger charge is -2.16. The van der Waals surface area contributed by atoms with E-state index in [1.54, 1.807) is 0 Å². The van der Waals surface area contributed by atoms with E-state index in [0.29, 0.717) is 26.1 Å². The van der Waals surface area contributed by atoms with E-state index < -0.39 is 0 Å². The van der Waals surface area contributed by atoms with Crippen molar-refractivity contribution in [2.75, 3.05) is 13.2 Å². The van der Waals surface area contributed by atoms with Crippen molar-refractivity contribution < 1.29 is 14.3 Å². The minimum atomic E-state index is -0.177. The van der Waals surface area contributed by atoms with Gasteiger partial charge in [-0.3, -0.25) is 4.79 Å². The van der Waals surface area contributed by atoms with Gasteiger partial charge >= 0.3 is 5.97 Å². The molecule has 0 heterocycles. The summed E-state index contributed by atoms with van der Waals surface area (Å²) in [6.45, 7) is 2.70. The molecule has 0 atom stereocenters. The first-order chi connectivity index (χ1) is 14.3. The predicted molar refractivity (Wildman–Crippen MR) is 118 cm³/mol. The topological polar surface area (TPSA) is 35.5 Å². The Hall–Kier alpha value is -3.33.